The van der Waals surface area contributed by atoms with Crippen LogP contribution in [0, 0.1) is 0 Å². The van der Waals surface area contributed by atoms with Crippen molar-refractivity contribution < 1.29 is 84.1 Å². The summed E-state index contributed by atoms with van der Waals surface area (Å²) < 4.78 is 67.3. The molecule has 4 atom stereocenters. The van der Waals surface area contributed by atoms with Crippen LogP contribution in [0.15, 0.2) is 146 Å². The number of esters is 4. The summed E-state index contributed by atoms with van der Waals surface area (Å²) >= 11 is 0. The van der Waals surface area contributed by atoms with Crippen molar-refractivity contribution in [2.45, 2.75) is 297 Å². The molecule has 4 unspecified atom stereocenters. The SMILES string of the molecule is CCCC/C=C\C/C=C\C/C=C\C/C=C\CCC(=O)OCC(COP(=O)([O-])OCC[N+](C)(C)C)OC(=O)CC/C=C\C/C=C\CCCCCCCCCC.CCCCCCC/C=C\C/C=C\C/C=C\CCC(=O)OCC(COP(=O)([O-])OCC[N+](C)(C)C)OC(=O)CC/C=C\C/C=C\C/C=C\CCCCCCC. The van der Waals surface area contributed by atoms with E-state index in [2.05, 4.69) is 125 Å². The van der Waals surface area contributed by atoms with Gasteiger partial charge in [-0.2, -0.15) is 0 Å². The lowest BCUT2D eigenvalue weighted by atomic mass is 10.1. The first-order valence-corrected chi connectivity index (χ1v) is 44.2. The van der Waals surface area contributed by atoms with E-state index in [1.165, 1.54) is 128 Å². The molecule has 0 rings (SSSR count). The summed E-state index contributed by atoms with van der Waals surface area (Å²) in [5, 5.41) is 0. The molecular weight excluding hydrogens is 1400 g/mol. The van der Waals surface area contributed by atoms with E-state index < -0.39 is 64.9 Å². The number of likely N-dealkylation sites (N-methyl/N-ethyl adjacent to an activating group) is 2. The van der Waals surface area contributed by atoms with E-state index in [-0.39, 0.29) is 52.1 Å². The van der Waals surface area contributed by atoms with Crippen LogP contribution in [0.4, 0.5) is 0 Å². The first-order chi connectivity index (χ1) is 52.0. The van der Waals surface area contributed by atoms with Crippen molar-refractivity contribution in [3.8, 4) is 0 Å². The summed E-state index contributed by atoms with van der Waals surface area (Å²) in [5.74, 6) is -2.03. The van der Waals surface area contributed by atoms with Gasteiger partial charge < -0.3 is 55.8 Å². The van der Waals surface area contributed by atoms with Gasteiger partial charge >= 0.3 is 23.9 Å². The summed E-state index contributed by atoms with van der Waals surface area (Å²) in [6.07, 6.45) is 87.8. The molecule has 0 aromatic rings. The molecule has 0 aliphatic heterocycles. The zero-order valence-corrected chi connectivity index (χ0v) is 71.1. The van der Waals surface area contributed by atoms with Crippen LogP contribution in [0.2, 0.25) is 0 Å². The number of hydrogen-bond acceptors (Lipinski definition) is 16. The van der Waals surface area contributed by atoms with Gasteiger partial charge in [0.25, 0.3) is 15.6 Å². The second-order valence-corrected chi connectivity index (χ2v) is 32.1. The summed E-state index contributed by atoms with van der Waals surface area (Å²) in [7, 11) is 2.17. The molecule has 0 aromatic heterocycles. The van der Waals surface area contributed by atoms with Gasteiger partial charge in [-0.1, -0.05) is 283 Å². The molecule has 0 heterocycles. The highest BCUT2D eigenvalue weighted by molar-refractivity contribution is 7.46. The summed E-state index contributed by atoms with van der Waals surface area (Å²) in [6, 6.07) is 0. The predicted octanol–water partition coefficient (Wildman–Crippen LogP) is 21.7. The van der Waals surface area contributed by atoms with Crippen LogP contribution in [0.25, 0.3) is 0 Å². The van der Waals surface area contributed by atoms with Gasteiger partial charge in [-0.15, -0.1) is 0 Å². The Kier molecular flexibility index (Phi) is 73.8. The highest BCUT2D eigenvalue weighted by atomic mass is 31.2. The largest absolute Gasteiger partial charge is 0.756 e. The zero-order valence-electron chi connectivity index (χ0n) is 69.3. The molecule has 0 fully saturated rings. The minimum atomic E-state index is -4.66. The van der Waals surface area contributed by atoms with Gasteiger partial charge in [0.2, 0.25) is 0 Å². The average molecular weight is 1560 g/mol. The molecule has 0 aliphatic rings. The Morgan fingerprint density at radius 1 is 0.287 bits per heavy atom. The van der Waals surface area contributed by atoms with Gasteiger partial charge in [-0.3, -0.25) is 28.3 Å². The maximum atomic E-state index is 12.6. The average Bonchev–Trinajstić information content (AvgIpc) is 0.907. The van der Waals surface area contributed by atoms with Crippen LogP contribution in [-0.4, -0.2) is 140 Å². The van der Waals surface area contributed by atoms with E-state index in [1.54, 1.807) is 0 Å². The molecule has 0 saturated heterocycles. The first kappa shape index (κ1) is 105. The second kappa shape index (κ2) is 75.9. The maximum absolute atomic E-state index is 12.6. The molecule has 0 saturated carbocycles. The number of carbonyl (C=O) groups excluding carboxylic acids is 4. The number of phosphoric ester groups is 2. The molecule has 0 amide bonds. The van der Waals surface area contributed by atoms with Crippen LogP contribution in [0.5, 0.6) is 0 Å². The highest BCUT2D eigenvalue weighted by Crippen LogP contribution is 2.39. The van der Waals surface area contributed by atoms with Crippen molar-refractivity contribution in [2.75, 3.05) is 95.0 Å². The molecule has 0 bridgehead atoms. The first-order valence-electron chi connectivity index (χ1n) is 41.3. The standard InChI is InChI=1S/2C44H76NO8P/c2*1-6-8-10-12-14-16-18-20-22-24-26-28-30-32-34-36-43(46)50-40-42(41-52-54(48,49)51-39-38-45(3,4)5)53-44(47)37-35-33-31-29-27-25-23-21-19-17-15-13-11-9-7-2/h18-21,24-27,30-33,42H,6-17,22-23,28-29,34-41H2,1-5H3;12,14,18,20,24-27,30-33,42H,6-11,13,15-17,19,21-23,28-29,34-41H2,1-5H3/b20-18-,21-19-,26-24-,27-25-,32-30-,33-31-;14-12-,20-18-,26-24-,27-25-,32-30-,33-31-. The predicted molar refractivity (Wildman–Crippen MR) is 444 cm³/mol. The Bertz CT molecular complexity index is 2660. The topological polar surface area (TPSA) is 222 Å². The summed E-state index contributed by atoms with van der Waals surface area (Å²) in [6.45, 7) is 8.02. The molecular formula is C88H152N2O16P2. The van der Waals surface area contributed by atoms with Crippen molar-refractivity contribution >= 4 is 39.5 Å². The number of quaternary nitrogens is 2. The monoisotopic (exact) mass is 1560 g/mol. The van der Waals surface area contributed by atoms with Gasteiger partial charge in [-0.25, -0.2) is 0 Å². The fourth-order valence-corrected chi connectivity index (χ4v) is 11.3. The molecule has 20 heteroatoms. The number of allylic oxidation sites excluding steroid dienone is 24. The number of phosphoric acid groups is 2. The number of hydrogen-bond donors (Lipinski definition) is 0. The van der Waals surface area contributed by atoms with E-state index in [9.17, 15) is 38.1 Å². The Hall–Kier alpha value is -5.10. The third-order valence-corrected chi connectivity index (χ3v) is 18.4. The van der Waals surface area contributed by atoms with Crippen molar-refractivity contribution in [3.05, 3.63) is 146 Å². The van der Waals surface area contributed by atoms with Gasteiger partial charge in [-0.05, 0) is 122 Å². The number of carbonyl (C=O) groups is 4. The zero-order chi connectivity index (χ0) is 80.0. The van der Waals surface area contributed by atoms with Gasteiger partial charge in [0.1, 0.15) is 39.5 Å². The lowest BCUT2D eigenvalue weighted by Gasteiger charge is -2.28. The number of ether oxygens (including phenoxy) is 4. The fraction of sp³-hybridized carbons (Fsp3) is 0.682. The van der Waals surface area contributed by atoms with Gasteiger partial charge in [0, 0.05) is 25.7 Å². The minimum Gasteiger partial charge on any atom is -0.756 e. The molecule has 0 N–H and O–H groups in total. The third-order valence-electron chi connectivity index (χ3n) is 16.5. The maximum Gasteiger partial charge on any atom is 0.306 e. The molecule has 18 nitrogen and oxygen atoms in total. The van der Waals surface area contributed by atoms with E-state index in [0.29, 0.717) is 47.7 Å². The van der Waals surface area contributed by atoms with Crippen LogP contribution in [-0.2, 0) is 65.4 Å². The highest BCUT2D eigenvalue weighted by Gasteiger charge is 2.24. The smallest absolute Gasteiger partial charge is 0.306 e. The van der Waals surface area contributed by atoms with Crippen LogP contribution in [0.1, 0.15) is 285 Å². The summed E-state index contributed by atoms with van der Waals surface area (Å²) in [4.78, 5) is 74.7. The molecule has 108 heavy (non-hydrogen) atoms. The molecule has 0 aromatic carbocycles. The Balaban J connectivity index is 0. The third kappa shape index (κ3) is 84.9. The molecule has 620 valence electrons. The normalized spacial score (nSPS) is 14.4. The lowest BCUT2D eigenvalue weighted by Crippen LogP contribution is -2.37. The lowest BCUT2D eigenvalue weighted by molar-refractivity contribution is -0.870. The van der Waals surface area contributed by atoms with E-state index in [1.807, 2.05) is 90.9 Å². The Morgan fingerprint density at radius 2 is 0.509 bits per heavy atom. The van der Waals surface area contributed by atoms with Crippen LogP contribution in [0.3, 0.4) is 0 Å². The quantitative estimate of drug-likeness (QED) is 0.0138. The molecule has 0 aliphatic carbocycles. The van der Waals surface area contributed by atoms with Crippen LogP contribution < -0.4 is 9.79 Å². The number of rotatable bonds is 72. The fourth-order valence-electron chi connectivity index (χ4n) is 9.88. The van der Waals surface area contributed by atoms with E-state index in [0.717, 1.165) is 77.0 Å². The Labute approximate surface area is 657 Å². The molecule has 0 radical (unpaired) electrons. The van der Waals surface area contributed by atoms with Gasteiger partial charge in [0.15, 0.2) is 12.2 Å². The van der Waals surface area contributed by atoms with Crippen molar-refractivity contribution in [1.82, 2.24) is 0 Å². The van der Waals surface area contributed by atoms with Gasteiger partial charge in [0.05, 0.1) is 55.5 Å². The van der Waals surface area contributed by atoms with Crippen LogP contribution >= 0.6 is 15.6 Å². The van der Waals surface area contributed by atoms with Crippen molar-refractivity contribution in [2.24, 2.45) is 0 Å². The summed E-state index contributed by atoms with van der Waals surface area (Å²) in [5.41, 5.74) is 0. The van der Waals surface area contributed by atoms with Crippen molar-refractivity contribution in [3.63, 3.8) is 0 Å². The minimum absolute atomic E-state index is 0.0537. The Morgan fingerprint density at radius 3 is 0.769 bits per heavy atom. The second-order valence-electron chi connectivity index (χ2n) is 29.3. The van der Waals surface area contributed by atoms with E-state index >= 15 is 0 Å². The van der Waals surface area contributed by atoms with Crippen molar-refractivity contribution in [1.29, 1.82) is 0 Å². The van der Waals surface area contributed by atoms with E-state index in [4.69, 9.17) is 37.0 Å². The number of nitrogens with zero attached hydrogens (tertiary/aromatic N) is 2. The number of unbranched alkanes of at least 4 members (excludes halogenated alkanes) is 20. The molecule has 0 spiro atoms.